The predicted molar refractivity (Wildman–Crippen MR) is 96.1 cm³/mol. The van der Waals surface area contributed by atoms with Gasteiger partial charge in [0.25, 0.3) is 0 Å². The first-order chi connectivity index (χ1) is 12.7. The Morgan fingerprint density at radius 1 is 1.27 bits per heavy atom. The van der Waals surface area contributed by atoms with Crippen molar-refractivity contribution >= 4 is 11.6 Å². The van der Waals surface area contributed by atoms with Crippen LogP contribution >= 0.6 is 0 Å². The van der Waals surface area contributed by atoms with Gasteiger partial charge in [0.2, 0.25) is 11.8 Å². The molecule has 0 aliphatic carbocycles. The fourth-order valence-electron chi connectivity index (χ4n) is 3.59. The lowest BCUT2D eigenvalue weighted by Gasteiger charge is -2.32. The van der Waals surface area contributed by atoms with Crippen LogP contribution in [0.15, 0.2) is 42.6 Å². The van der Waals surface area contributed by atoms with Crippen LogP contribution in [0, 0.1) is 5.92 Å². The van der Waals surface area contributed by atoms with E-state index >= 15 is 0 Å². The third kappa shape index (κ3) is 3.84. The third-order valence-corrected chi connectivity index (χ3v) is 4.97. The van der Waals surface area contributed by atoms with Gasteiger partial charge in [-0.2, -0.15) is 5.10 Å². The Labute approximate surface area is 152 Å². The number of aromatic nitrogens is 2. The van der Waals surface area contributed by atoms with E-state index in [2.05, 4.69) is 20.8 Å². The van der Waals surface area contributed by atoms with Gasteiger partial charge in [0.05, 0.1) is 18.1 Å². The molecule has 0 bridgehead atoms. The third-order valence-electron chi connectivity index (χ3n) is 4.97. The van der Waals surface area contributed by atoms with Gasteiger partial charge >= 0.3 is 0 Å². The Balaban J connectivity index is 1.38. The highest BCUT2D eigenvalue weighted by atomic mass is 16.5. The Hall–Kier alpha value is -2.51. The molecule has 3 heterocycles. The Morgan fingerprint density at radius 3 is 2.96 bits per heavy atom. The molecule has 2 aliphatic rings. The topological polar surface area (TPSA) is 85.4 Å². The number of carbonyl (C=O) groups excluding carboxylic acids is 1. The van der Waals surface area contributed by atoms with E-state index in [1.54, 1.807) is 24.4 Å². The normalized spacial score (nSPS) is 21.5. The molecular weight excluding hydrogens is 332 g/mol. The standard InChI is InChI=1S/C19H22N4O3/c24-18(14-12-19(25-13-14)6-9-20-10-7-19)22-15-3-1-4-16(11-15)26-17-5-2-8-21-23-17/h1-5,8,11,14,20H,6-7,9-10,12-13H2,(H,22,24). The van der Waals surface area contributed by atoms with Crippen molar-refractivity contribution in [3.05, 3.63) is 42.6 Å². The van der Waals surface area contributed by atoms with Crippen LogP contribution in [0.25, 0.3) is 0 Å². The van der Waals surface area contributed by atoms with Crippen LogP contribution in [0.2, 0.25) is 0 Å². The second-order valence-electron chi connectivity index (χ2n) is 6.83. The predicted octanol–water partition coefficient (Wildman–Crippen LogP) is 2.37. The van der Waals surface area contributed by atoms with Crippen LogP contribution in [0.1, 0.15) is 19.3 Å². The minimum absolute atomic E-state index is 0.00272. The number of rotatable bonds is 4. The lowest BCUT2D eigenvalue weighted by atomic mass is 9.86. The average Bonchev–Trinajstić information content (AvgIpc) is 3.07. The maximum absolute atomic E-state index is 12.6. The molecule has 0 saturated carbocycles. The minimum atomic E-state index is -0.121. The fourth-order valence-corrected chi connectivity index (χ4v) is 3.59. The molecule has 0 radical (unpaired) electrons. The van der Waals surface area contributed by atoms with Gasteiger partial charge in [0, 0.05) is 24.0 Å². The highest BCUT2D eigenvalue weighted by Gasteiger charge is 2.43. The first kappa shape index (κ1) is 16.9. The number of carbonyl (C=O) groups is 1. The molecule has 7 nitrogen and oxygen atoms in total. The molecule has 1 aromatic heterocycles. The zero-order valence-electron chi connectivity index (χ0n) is 14.5. The van der Waals surface area contributed by atoms with Crippen molar-refractivity contribution in [2.45, 2.75) is 24.9 Å². The van der Waals surface area contributed by atoms with Gasteiger partial charge in [-0.25, -0.2) is 0 Å². The number of hydrogen-bond donors (Lipinski definition) is 2. The molecule has 4 rings (SSSR count). The summed E-state index contributed by atoms with van der Waals surface area (Å²) in [5.74, 6) is 0.892. The van der Waals surface area contributed by atoms with Gasteiger partial charge in [-0.1, -0.05) is 6.07 Å². The molecule has 2 saturated heterocycles. The zero-order chi connectivity index (χ0) is 17.8. The molecule has 1 atom stereocenters. The summed E-state index contributed by atoms with van der Waals surface area (Å²) in [4.78, 5) is 12.6. The van der Waals surface area contributed by atoms with Crippen LogP contribution < -0.4 is 15.4 Å². The molecule has 1 amide bonds. The van der Waals surface area contributed by atoms with Crippen molar-refractivity contribution in [3.63, 3.8) is 0 Å². The maximum atomic E-state index is 12.6. The van der Waals surface area contributed by atoms with Crippen molar-refractivity contribution < 1.29 is 14.3 Å². The molecule has 26 heavy (non-hydrogen) atoms. The smallest absolute Gasteiger partial charge is 0.238 e. The number of benzene rings is 1. The molecule has 136 valence electrons. The van der Waals surface area contributed by atoms with Gasteiger partial charge in [-0.05, 0) is 50.6 Å². The monoisotopic (exact) mass is 354 g/mol. The SMILES string of the molecule is O=C(Nc1cccc(Oc2cccnn2)c1)C1COC2(CCNCC2)C1. The fraction of sp³-hybridized carbons (Fsp3) is 0.421. The first-order valence-corrected chi connectivity index (χ1v) is 8.94. The number of hydrogen-bond acceptors (Lipinski definition) is 6. The largest absolute Gasteiger partial charge is 0.437 e. The van der Waals surface area contributed by atoms with E-state index in [1.165, 1.54) is 0 Å². The van der Waals surface area contributed by atoms with Crippen LogP contribution in [0.5, 0.6) is 11.6 Å². The Kier molecular flexibility index (Phi) is 4.81. The van der Waals surface area contributed by atoms with E-state index in [0.29, 0.717) is 23.9 Å². The van der Waals surface area contributed by atoms with Crippen molar-refractivity contribution in [1.29, 1.82) is 0 Å². The van der Waals surface area contributed by atoms with E-state index in [4.69, 9.17) is 9.47 Å². The number of ether oxygens (including phenoxy) is 2. The zero-order valence-corrected chi connectivity index (χ0v) is 14.5. The number of nitrogens with zero attached hydrogens (tertiary/aromatic N) is 2. The molecule has 7 heteroatoms. The number of piperidine rings is 1. The van der Waals surface area contributed by atoms with E-state index < -0.39 is 0 Å². The van der Waals surface area contributed by atoms with Crippen molar-refractivity contribution in [2.24, 2.45) is 5.92 Å². The molecule has 2 fully saturated rings. The number of amides is 1. The summed E-state index contributed by atoms with van der Waals surface area (Å²) in [6.07, 6.45) is 4.31. The average molecular weight is 354 g/mol. The molecule has 2 N–H and O–H groups in total. The molecule has 2 aliphatic heterocycles. The molecule has 1 spiro atoms. The summed E-state index contributed by atoms with van der Waals surface area (Å²) in [7, 11) is 0. The van der Waals surface area contributed by atoms with Crippen molar-refractivity contribution in [1.82, 2.24) is 15.5 Å². The summed E-state index contributed by atoms with van der Waals surface area (Å²) in [6, 6.07) is 10.8. The van der Waals surface area contributed by atoms with Crippen LogP contribution in [-0.2, 0) is 9.53 Å². The van der Waals surface area contributed by atoms with E-state index in [9.17, 15) is 4.79 Å². The van der Waals surface area contributed by atoms with Crippen molar-refractivity contribution in [2.75, 3.05) is 25.0 Å². The number of anilines is 1. The summed E-state index contributed by atoms with van der Waals surface area (Å²) in [5, 5.41) is 14.0. The summed E-state index contributed by atoms with van der Waals surface area (Å²) < 4.78 is 11.7. The quantitative estimate of drug-likeness (QED) is 0.877. The van der Waals surface area contributed by atoms with Gasteiger partial charge in [0.1, 0.15) is 5.75 Å². The van der Waals surface area contributed by atoms with E-state index in [1.807, 2.05) is 18.2 Å². The van der Waals surface area contributed by atoms with Crippen LogP contribution in [0.3, 0.4) is 0 Å². The molecular formula is C19H22N4O3. The lowest BCUT2D eigenvalue weighted by Crippen LogP contribution is -2.41. The van der Waals surface area contributed by atoms with E-state index in [-0.39, 0.29) is 17.4 Å². The van der Waals surface area contributed by atoms with Gasteiger partial charge in [-0.15, -0.1) is 5.10 Å². The summed E-state index contributed by atoms with van der Waals surface area (Å²) in [5.41, 5.74) is 0.576. The first-order valence-electron chi connectivity index (χ1n) is 8.94. The Morgan fingerprint density at radius 2 is 2.15 bits per heavy atom. The van der Waals surface area contributed by atoms with E-state index in [0.717, 1.165) is 32.4 Å². The minimum Gasteiger partial charge on any atom is -0.437 e. The summed E-state index contributed by atoms with van der Waals surface area (Å²) >= 11 is 0. The van der Waals surface area contributed by atoms with Crippen LogP contribution in [0.4, 0.5) is 5.69 Å². The highest BCUT2D eigenvalue weighted by Crippen LogP contribution is 2.37. The Bertz CT molecular complexity index is 762. The highest BCUT2D eigenvalue weighted by molar-refractivity contribution is 5.93. The van der Waals surface area contributed by atoms with Gasteiger partial charge in [0.15, 0.2) is 0 Å². The second-order valence-corrected chi connectivity index (χ2v) is 6.83. The lowest BCUT2D eigenvalue weighted by molar-refractivity contribution is -0.119. The second kappa shape index (κ2) is 7.39. The van der Waals surface area contributed by atoms with Crippen molar-refractivity contribution in [3.8, 4) is 11.6 Å². The summed E-state index contributed by atoms with van der Waals surface area (Å²) in [6.45, 7) is 2.40. The van der Waals surface area contributed by atoms with Gasteiger partial charge < -0.3 is 20.1 Å². The molecule has 1 aromatic carbocycles. The number of nitrogens with one attached hydrogen (secondary N) is 2. The van der Waals surface area contributed by atoms with Crippen LogP contribution in [-0.4, -0.2) is 41.4 Å². The van der Waals surface area contributed by atoms with Gasteiger partial charge in [-0.3, -0.25) is 4.79 Å². The molecule has 1 unspecified atom stereocenters. The maximum Gasteiger partial charge on any atom is 0.238 e. The molecule has 2 aromatic rings.